The molecule has 0 saturated carbocycles. The Kier molecular flexibility index (Phi) is 5.93. The quantitative estimate of drug-likeness (QED) is 0.459. The SMILES string of the molecule is O=C(NCc1cc(F)ccc1F)c1cccc(-c2ccnc(Nc3ccccc3)n2)c1. The molecule has 0 atom stereocenters. The fourth-order valence-corrected chi connectivity index (χ4v) is 3.01. The van der Waals surface area contributed by atoms with Crippen molar-refractivity contribution in [2.75, 3.05) is 5.32 Å². The average molecular weight is 416 g/mol. The summed E-state index contributed by atoms with van der Waals surface area (Å²) < 4.78 is 27.1. The summed E-state index contributed by atoms with van der Waals surface area (Å²) in [6.07, 6.45) is 1.63. The number of carbonyl (C=O) groups excluding carboxylic acids is 1. The van der Waals surface area contributed by atoms with E-state index < -0.39 is 17.5 Å². The Labute approximate surface area is 177 Å². The Hall–Kier alpha value is -4.13. The highest BCUT2D eigenvalue weighted by Gasteiger charge is 2.11. The van der Waals surface area contributed by atoms with Gasteiger partial charge >= 0.3 is 0 Å². The van der Waals surface area contributed by atoms with Crippen LogP contribution in [0.5, 0.6) is 0 Å². The van der Waals surface area contributed by atoms with E-state index in [1.54, 1.807) is 30.5 Å². The maximum Gasteiger partial charge on any atom is 0.251 e. The van der Waals surface area contributed by atoms with Crippen LogP contribution >= 0.6 is 0 Å². The number of para-hydroxylation sites is 1. The molecule has 1 amide bonds. The lowest BCUT2D eigenvalue weighted by molar-refractivity contribution is 0.0950. The van der Waals surface area contributed by atoms with E-state index in [1.807, 2.05) is 36.4 Å². The molecule has 0 radical (unpaired) electrons. The number of amides is 1. The van der Waals surface area contributed by atoms with Gasteiger partial charge in [-0.25, -0.2) is 18.7 Å². The van der Waals surface area contributed by atoms with Crippen molar-refractivity contribution in [2.45, 2.75) is 6.54 Å². The molecule has 5 nitrogen and oxygen atoms in total. The van der Waals surface area contributed by atoms with Gasteiger partial charge < -0.3 is 10.6 Å². The average Bonchev–Trinajstić information content (AvgIpc) is 2.80. The van der Waals surface area contributed by atoms with Gasteiger partial charge in [-0.3, -0.25) is 4.79 Å². The maximum absolute atomic E-state index is 13.8. The van der Waals surface area contributed by atoms with Crippen molar-refractivity contribution in [3.05, 3.63) is 108 Å². The van der Waals surface area contributed by atoms with Gasteiger partial charge in [0.25, 0.3) is 5.91 Å². The lowest BCUT2D eigenvalue weighted by Crippen LogP contribution is -2.23. The number of hydrogen-bond donors (Lipinski definition) is 2. The number of aromatic nitrogens is 2. The highest BCUT2D eigenvalue weighted by atomic mass is 19.1. The van der Waals surface area contributed by atoms with Gasteiger partial charge in [0.2, 0.25) is 5.95 Å². The van der Waals surface area contributed by atoms with Gasteiger partial charge in [0, 0.05) is 35.1 Å². The predicted octanol–water partition coefficient (Wildman–Crippen LogP) is 5.10. The van der Waals surface area contributed by atoms with Gasteiger partial charge in [-0.15, -0.1) is 0 Å². The first-order valence-corrected chi connectivity index (χ1v) is 9.56. The first kappa shape index (κ1) is 20.2. The maximum atomic E-state index is 13.8. The Morgan fingerprint density at radius 1 is 0.903 bits per heavy atom. The molecular formula is C24H18F2N4O. The minimum Gasteiger partial charge on any atom is -0.348 e. The number of carbonyl (C=O) groups is 1. The normalized spacial score (nSPS) is 10.5. The summed E-state index contributed by atoms with van der Waals surface area (Å²) in [7, 11) is 0. The zero-order valence-corrected chi connectivity index (χ0v) is 16.3. The van der Waals surface area contributed by atoms with Crippen molar-refractivity contribution in [3.8, 4) is 11.3 Å². The van der Waals surface area contributed by atoms with Crippen molar-refractivity contribution >= 4 is 17.5 Å². The van der Waals surface area contributed by atoms with Gasteiger partial charge in [-0.05, 0) is 48.5 Å². The number of nitrogens with zero attached hydrogens (tertiary/aromatic N) is 2. The molecule has 0 unspecified atom stereocenters. The molecule has 0 fully saturated rings. The van der Waals surface area contributed by atoms with E-state index in [0.29, 0.717) is 17.2 Å². The molecule has 4 rings (SSSR count). The van der Waals surface area contributed by atoms with Crippen molar-refractivity contribution < 1.29 is 13.6 Å². The smallest absolute Gasteiger partial charge is 0.251 e. The molecule has 1 aromatic heterocycles. The monoisotopic (exact) mass is 416 g/mol. The van der Waals surface area contributed by atoms with Crippen molar-refractivity contribution in [1.29, 1.82) is 0 Å². The van der Waals surface area contributed by atoms with E-state index in [9.17, 15) is 13.6 Å². The van der Waals surface area contributed by atoms with E-state index in [4.69, 9.17) is 0 Å². The minimum absolute atomic E-state index is 0.0805. The summed E-state index contributed by atoms with van der Waals surface area (Å²) in [5.41, 5.74) is 2.68. The number of halogens is 2. The number of nitrogens with one attached hydrogen (secondary N) is 2. The molecule has 0 spiro atoms. The molecule has 2 N–H and O–H groups in total. The first-order valence-electron chi connectivity index (χ1n) is 9.56. The van der Waals surface area contributed by atoms with Crippen LogP contribution in [-0.2, 0) is 6.54 Å². The fourth-order valence-electron chi connectivity index (χ4n) is 3.01. The lowest BCUT2D eigenvalue weighted by Gasteiger charge is -2.09. The highest BCUT2D eigenvalue weighted by Crippen LogP contribution is 2.21. The number of anilines is 2. The molecule has 0 aliphatic carbocycles. The molecule has 0 aliphatic heterocycles. The third-order valence-corrected chi connectivity index (χ3v) is 4.55. The summed E-state index contributed by atoms with van der Waals surface area (Å²) in [5, 5.41) is 5.75. The summed E-state index contributed by atoms with van der Waals surface area (Å²) in [6.45, 7) is -0.120. The molecule has 0 saturated heterocycles. The summed E-state index contributed by atoms with van der Waals surface area (Å²) in [6, 6.07) is 21.3. The molecule has 0 bridgehead atoms. The van der Waals surface area contributed by atoms with Crippen LogP contribution in [0.25, 0.3) is 11.3 Å². The Bertz CT molecular complexity index is 1220. The van der Waals surface area contributed by atoms with Crippen LogP contribution in [0, 0.1) is 11.6 Å². The van der Waals surface area contributed by atoms with E-state index >= 15 is 0 Å². The van der Waals surface area contributed by atoms with Crippen LogP contribution in [0.1, 0.15) is 15.9 Å². The van der Waals surface area contributed by atoms with Crippen LogP contribution in [0.3, 0.4) is 0 Å². The van der Waals surface area contributed by atoms with Gasteiger partial charge in [0.15, 0.2) is 0 Å². The van der Waals surface area contributed by atoms with Crippen molar-refractivity contribution in [1.82, 2.24) is 15.3 Å². The molecular weight excluding hydrogens is 398 g/mol. The standard InChI is InChI=1S/C24H18F2N4O/c25-19-9-10-21(26)18(14-19)15-28-23(31)17-6-4-5-16(13-17)22-11-12-27-24(30-22)29-20-7-2-1-3-8-20/h1-14H,15H2,(H,28,31)(H,27,29,30). The summed E-state index contributed by atoms with van der Waals surface area (Å²) >= 11 is 0. The van der Waals surface area contributed by atoms with Crippen LogP contribution in [0.15, 0.2) is 85.1 Å². The van der Waals surface area contributed by atoms with Crippen LogP contribution in [0.2, 0.25) is 0 Å². The number of rotatable bonds is 6. The van der Waals surface area contributed by atoms with Gasteiger partial charge in [0.1, 0.15) is 11.6 Å². The number of hydrogen-bond acceptors (Lipinski definition) is 4. The molecule has 0 aliphatic rings. The Morgan fingerprint density at radius 2 is 1.74 bits per heavy atom. The third-order valence-electron chi connectivity index (χ3n) is 4.55. The second kappa shape index (κ2) is 9.13. The largest absolute Gasteiger partial charge is 0.348 e. The van der Waals surface area contributed by atoms with E-state index in [0.717, 1.165) is 29.4 Å². The molecule has 1 heterocycles. The van der Waals surface area contributed by atoms with E-state index in [2.05, 4.69) is 20.6 Å². The third kappa shape index (κ3) is 5.08. The van der Waals surface area contributed by atoms with Crippen LogP contribution in [0.4, 0.5) is 20.4 Å². The predicted molar refractivity (Wildman–Crippen MR) is 115 cm³/mol. The molecule has 3 aromatic carbocycles. The minimum atomic E-state index is -0.574. The summed E-state index contributed by atoms with van der Waals surface area (Å²) in [4.78, 5) is 21.3. The highest BCUT2D eigenvalue weighted by molar-refractivity contribution is 5.95. The topological polar surface area (TPSA) is 66.9 Å². The second-order valence-corrected chi connectivity index (χ2v) is 6.76. The van der Waals surface area contributed by atoms with Gasteiger partial charge in [-0.1, -0.05) is 30.3 Å². The van der Waals surface area contributed by atoms with Crippen molar-refractivity contribution in [2.24, 2.45) is 0 Å². The molecule has 7 heteroatoms. The zero-order valence-electron chi connectivity index (χ0n) is 16.3. The molecule has 31 heavy (non-hydrogen) atoms. The zero-order chi connectivity index (χ0) is 21.6. The van der Waals surface area contributed by atoms with Crippen LogP contribution < -0.4 is 10.6 Å². The molecule has 154 valence electrons. The van der Waals surface area contributed by atoms with E-state index in [-0.39, 0.29) is 12.1 Å². The van der Waals surface area contributed by atoms with Crippen LogP contribution in [-0.4, -0.2) is 15.9 Å². The first-order chi connectivity index (χ1) is 15.1. The Balaban J connectivity index is 1.49. The number of benzene rings is 3. The Morgan fingerprint density at radius 3 is 2.58 bits per heavy atom. The lowest BCUT2D eigenvalue weighted by atomic mass is 10.1. The summed E-state index contributed by atoms with van der Waals surface area (Å²) in [5.74, 6) is -1.10. The molecule has 4 aromatic rings. The fraction of sp³-hybridized carbons (Fsp3) is 0.0417. The van der Waals surface area contributed by atoms with E-state index in [1.165, 1.54) is 0 Å². The van der Waals surface area contributed by atoms with Crippen molar-refractivity contribution in [3.63, 3.8) is 0 Å². The van der Waals surface area contributed by atoms with Gasteiger partial charge in [0.05, 0.1) is 5.69 Å². The van der Waals surface area contributed by atoms with Gasteiger partial charge in [-0.2, -0.15) is 0 Å². The second-order valence-electron chi connectivity index (χ2n) is 6.76.